The van der Waals surface area contributed by atoms with Crippen LogP contribution in [0.25, 0.3) is 22.1 Å². The molecule has 0 amide bonds. The van der Waals surface area contributed by atoms with Gasteiger partial charge < -0.3 is 19.2 Å². The monoisotopic (exact) mass is 398 g/mol. The molecule has 1 N–H and O–H groups in total. The molecule has 0 bridgehead atoms. The molecular formula is C19H18N4O4S. The number of nitrogens with one attached hydrogen (secondary N) is 1. The second-order valence-corrected chi connectivity index (χ2v) is 6.84. The molecule has 28 heavy (non-hydrogen) atoms. The summed E-state index contributed by atoms with van der Waals surface area (Å²) in [5.74, 6) is 2.28. The summed E-state index contributed by atoms with van der Waals surface area (Å²) in [6, 6.07) is 11.1. The third kappa shape index (κ3) is 3.13. The minimum Gasteiger partial charge on any atom is -0.493 e. The Hall–Kier alpha value is -3.20. The van der Waals surface area contributed by atoms with Crippen LogP contribution in [0.3, 0.4) is 0 Å². The standard InChI is InChI=1S/C19H18N4O4S/c1-25-15-8-12-13(9-16(15)26-2)22-18(21-12)28-10-17-20-11-6-4-5-7-14(11)23(17)19(24)27-3/h4-9H,10H2,1-3H3,(H,21,22). The molecule has 2 aromatic carbocycles. The average Bonchev–Trinajstić information content (AvgIpc) is 3.30. The number of hydrogen-bond acceptors (Lipinski definition) is 7. The second kappa shape index (κ2) is 7.43. The van der Waals surface area contributed by atoms with E-state index in [1.165, 1.54) is 23.4 Å². The molecule has 9 heteroatoms. The Bertz CT molecular complexity index is 1130. The summed E-state index contributed by atoms with van der Waals surface area (Å²) in [6.07, 6.45) is -0.469. The fourth-order valence-corrected chi connectivity index (χ4v) is 3.79. The van der Waals surface area contributed by atoms with Crippen LogP contribution in [-0.2, 0) is 10.5 Å². The van der Waals surface area contributed by atoms with Crippen LogP contribution in [0.1, 0.15) is 5.82 Å². The maximum absolute atomic E-state index is 12.2. The lowest BCUT2D eigenvalue weighted by Gasteiger charge is -2.06. The highest BCUT2D eigenvalue weighted by Gasteiger charge is 2.18. The topological polar surface area (TPSA) is 91.3 Å². The van der Waals surface area contributed by atoms with Crippen LogP contribution in [0, 0.1) is 0 Å². The third-order valence-electron chi connectivity index (χ3n) is 4.29. The molecule has 0 radical (unpaired) electrons. The molecule has 0 aliphatic rings. The van der Waals surface area contributed by atoms with Crippen LogP contribution >= 0.6 is 11.8 Å². The number of ether oxygens (including phenoxy) is 3. The van der Waals surface area contributed by atoms with Crippen molar-refractivity contribution in [2.45, 2.75) is 10.9 Å². The summed E-state index contributed by atoms with van der Waals surface area (Å²) in [4.78, 5) is 24.6. The van der Waals surface area contributed by atoms with Gasteiger partial charge in [-0.3, -0.25) is 0 Å². The molecule has 2 aromatic heterocycles. The molecule has 4 aromatic rings. The highest BCUT2D eigenvalue weighted by molar-refractivity contribution is 7.98. The van der Waals surface area contributed by atoms with Crippen molar-refractivity contribution in [2.75, 3.05) is 21.3 Å². The van der Waals surface area contributed by atoms with Gasteiger partial charge in [-0.05, 0) is 12.1 Å². The number of para-hydroxylation sites is 2. The quantitative estimate of drug-likeness (QED) is 0.511. The number of hydrogen-bond donors (Lipinski definition) is 1. The predicted octanol–water partition coefficient (Wildman–Crippen LogP) is 3.84. The minimum absolute atomic E-state index is 0.442. The molecule has 0 aliphatic heterocycles. The smallest absolute Gasteiger partial charge is 0.419 e. The lowest BCUT2D eigenvalue weighted by molar-refractivity contribution is 0.173. The number of aromatic amines is 1. The largest absolute Gasteiger partial charge is 0.493 e. The number of imidazole rings is 2. The number of fused-ring (bicyclic) bond motifs is 2. The number of carbonyl (C=O) groups is 1. The number of methoxy groups -OCH3 is 3. The van der Waals surface area contributed by atoms with Crippen molar-refractivity contribution in [1.29, 1.82) is 0 Å². The van der Waals surface area contributed by atoms with E-state index in [1.807, 2.05) is 36.4 Å². The molecule has 0 atom stereocenters. The van der Waals surface area contributed by atoms with Gasteiger partial charge in [-0.1, -0.05) is 23.9 Å². The zero-order chi connectivity index (χ0) is 19.7. The Morgan fingerprint density at radius 1 is 1.07 bits per heavy atom. The van der Waals surface area contributed by atoms with Gasteiger partial charge in [-0.2, -0.15) is 0 Å². The number of H-pyrrole nitrogens is 1. The molecule has 0 aliphatic carbocycles. The van der Waals surface area contributed by atoms with E-state index < -0.39 is 6.09 Å². The first kappa shape index (κ1) is 18.2. The van der Waals surface area contributed by atoms with Gasteiger partial charge in [0.15, 0.2) is 16.7 Å². The zero-order valence-corrected chi connectivity index (χ0v) is 16.4. The van der Waals surface area contributed by atoms with E-state index in [1.54, 1.807) is 14.2 Å². The van der Waals surface area contributed by atoms with E-state index >= 15 is 0 Å². The lowest BCUT2D eigenvalue weighted by Crippen LogP contribution is -2.14. The van der Waals surface area contributed by atoms with Crippen molar-refractivity contribution in [1.82, 2.24) is 19.5 Å². The maximum Gasteiger partial charge on any atom is 0.419 e. The van der Waals surface area contributed by atoms with E-state index in [0.29, 0.717) is 33.7 Å². The van der Waals surface area contributed by atoms with Crippen LogP contribution in [0.5, 0.6) is 11.5 Å². The van der Waals surface area contributed by atoms with E-state index in [-0.39, 0.29) is 0 Å². The van der Waals surface area contributed by atoms with Crippen molar-refractivity contribution >= 4 is 39.9 Å². The van der Waals surface area contributed by atoms with Crippen molar-refractivity contribution in [3.05, 3.63) is 42.2 Å². The van der Waals surface area contributed by atoms with Gasteiger partial charge in [-0.25, -0.2) is 19.3 Å². The molecule has 144 valence electrons. The molecule has 4 rings (SSSR count). The normalized spacial score (nSPS) is 11.1. The van der Waals surface area contributed by atoms with Crippen LogP contribution in [0.4, 0.5) is 4.79 Å². The number of thioether (sulfide) groups is 1. The summed E-state index contributed by atoms with van der Waals surface area (Å²) in [5.41, 5.74) is 3.05. The Morgan fingerprint density at radius 3 is 2.57 bits per heavy atom. The number of benzene rings is 2. The molecule has 0 spiro atoms. The van der Waals surface area contributed by atoms with E-state index in [0.717, 1.165) is 16.6 Å². The fraction of sp³-hybridized carbons (Fsp3) is 0.211. The van der Waals surface area contributed by atoms with Gasteiger partial charge in [0, 0.05) is 12.1 Å². The summed E-state index contributed by atoms with van der Waals surface area (Å²) < 4.78 is 17.0. The summed E-state index contributed by atoms with van der Waals surface area (Å²) in [5, 5.41) is 0.703. The molecule has 0 saturated carbocycles. The number of aromatic nitrogens is 4. The molecule has 8 nitrogen and oxygen atoms in total. The third-order valence-corrected chi connectivity index (χ3v) is 5.16. The summed E-state index contributed by atoms with van der Waals surface area (Å²) in [7, 11) is 4.53. The van der Waals surface area contributed by atoms with Crippen molar-refractivity contribution in [2.24, 2.45) is 0 Å². The van der Waals surface area contributed by atoms with Crippen LogP contribution in [0.2, 0.25) is 0 Å². The van der Waals surface area contributed by atoms with Gasteiger partial charge in [0.25, 0.3) is 0 Å². The van der Waals surface area contributed by atoms with Gasteiger partial charge in [-0.15, -0.1) is 0 Å². The number of carbonyl (C=O) groups excluding carboxylic acids is 1. The minimum atomic E-state index is -0.469. The molecule has 0 fully saturated rings. The first-order chi connectivity index (χ1) is 13.6. The first-order valence-electron chi connectivity index (χ1n) is 8.43. The molecular weight excluding hydrogens is 380 g/mol. The van der Waals surface area contributed by atoms with Crippen molar-refractivity contribution in [3.8, 4) is 11.5 Å². The predicted molar refractivity (Wildman–Crippen MR) is 106 cm³/mol. The average molecular weight is 398 g/mol. The van der Waals surface area contributed by atoms with E-state index in [4.69, 9.17) is 14.2 Å². The fourth-order valence-electron chi connectivity index (χ4n) is 2.98. The first-order valence-corrected chi connectivity index (χ1v) is 9.42. The van der Waals surface area contributed by atoms with Gasteiger partial charge in [0.05, 0.1) is 49.1 Å². The van der Waals surface area contributed by atoms with Gasteiger partial charge in [0.1, 0.15) is 5.82 Å². The molecule has 0 saturated heterocycles. The Labute approximate surface area is 164 Å². The second-order valence-electron chi connectivity index (χ2n) is 5.88. The van der Waals surface area contributed by atoms with Crippen LogP contribution in [-0.4, -0.2) is 46.9 Å². The summed E-state index contributed by atoms with van der Waals surface area (Å²) in [6.45, 7) is 0. The Balaban J connectivity index is 1.65. The summed E-state index contributed by atoms with van der Waals surface area (Å²) >= 11 is 1.44. The zero-order valence-electron chi connectivity index (χ0n) is 15.6. The van der Waals surface area contributed by atoms with Crippen molar-refractivity contribution in [3.63, 3.8) is 0 Å². The van der Waals surface area contributed by atoms with Crippen molar-refractivity contribution < 1.29 is 19.0 Å². The highest BCUT2D eigenvalue weighted by Crippen LogP contribution is 2.33. The Kier molecular flexibility index (Phi) is 4.82. The maximum atomic E-state index is 12.2. The van der Waals surface area contributed by atoms with Crippen LogP contribution in [0.15, 0.2) is 41.6 Å². The highest BCUT2D eigenvalue weighted by atomic mass is 32.2. The van der Waals surface area contributed by atoms with Crippen LogP contribution < -0.4 is 9.47 Å². The molecule has 0 unspecified atom stereocenters. The number of nitrogens with zero attached hydrogens (tertiary/aromatic N) is 3. The number of rotatable bonds is 5. The van der Waals surface area contributed by atoms with E-state index in [9.17, 15) is 4.79 Å². The molecule has 2 heterocycles. The van der Waals surface area contributed by atoms with Gasteiger partial charge >= 0.3 is 6.09 Å². The lowest BCUT2D eigenvalue weighted by atomic mass is 10.3. The SMILES string of the molecule is COC(=O)n1c(CSc2nc3cc(OC)c(OC)cc3[nH]2)nc2ccccc21. The Morgan fingerprint density at radius 2 is 1.82 bits per heavy atom. The van der Waals surface area contributed by atoms with Gasteiger partial charge in [0.2, 0.25) is 0 Å². The van der Waals surface area contributed by atoms with E-state index in [2.05, 4.69) is 15.0 Å².